The second-order valence-electron chi connectivity index (χ2n) is 5.71. The molecule has 0 saturated heterocycles. The van der Waals surface area contributed by atoms with E-state index in [0.29, 0.717) is 13.1 Å². The van der Waals surface area contributed by atoms with Gasteiger partial charge in [0.05, 0.1) is 6.54 Å². The Morgan fingerprint density at radius 3 is 1.90 bits per heavy atom. The van der Waals surface area contributed by atoms with Gasteiger partial charge in [0.1, 0.15) is 0 Å². The first-order valence-electron chi connectivity index (χ1n) is 7.82. The minimum atomic E-state index is -4.11. The molecule has 0 bridgehead atoms. The van der Waals surface area contributed by atoms with Crippen molar-refractivity contribution >= 4 is 0 Å². The van der Waals surface area contributed by atoms with Gasteiger partial charge in [0.25, 0.3) is 0 Å². The van der Waals surface area contributed by atoms with E-state index in [0.717, 1.165) is 38.8 Å². The standard InChI is InChI=1S/C15H31F3N2/c1-5-9-19-11-14(7-3,8-4)12-20(10-6-2)13-15(16,17)18/h19H,5-13H2,1-4H3. The van der Waals surface area contributed by atoms with Gasteiger partial charge >= 0.3 is 6.18 Å². The molecule has 0 heterocycles. The van der Waals surface area contributed by atoms with E-state index in [4.69, 9.17) is 0 Å². The molecule has 0 saturated carbocycles. The molecule has 0 radical (unpaired) electrons. The van der Waals surface area contributed by atoms with Crippen LogP contribution in [0.2, 0.25) is 0 Å². The van der Waals surface area contributed by atoms with Gasteiger partial charge in [0, 0.05) is 13.1 Å². The van der Waals surface area contributed by atoms with Crippen molar-refractivity contribution in [3.05, 3.63) is 0 Å². The predicted molar refractivity (Wildman–Crippen MR) is 79.0 cm³/mol. The molecule has 0 fully saturated rings. The Hall–Kier alpha value is -0.290. The molecule has 0 aromatic carbocycles. The molecule has 1 N–H and O–H groups in total. The Kier molecular flexibility index (Phi) is 9.47. The minimum absolute atomic E-state index is 0.0599. The van der Waals surface area contributed by atoms with Crippen molar-refractivity contribution in [3.63, 3.8) is 0 Å². The molecule has 0 aliphatic rings. The lowest BCUT2D eigenvalue weighted by Gasteiger charge is -2.38. The molecule has 2 nitrogen and oxygen atoms in total. The fourth-order valence-corrected chi connectivity index (χ4v) is 2.57. The van der Waals surface area contributed by atoms with E-state index in [-0.39, 0.29) is 5.41 Å². The molecule has 0 rings (SSSR count). The maximum absolute atomic E-state index is 12.7. The molecular weight excluding hydrogens is 265 g/mol. The van der Waals surface area contributed by atoms with Gasteiger partial charge in [-0.15, -0.1) is 0 Å². The first kappa shape index (κ1) is 19.7. The van der Waals surface area contributed by atoms with Crippen molar-refractivity contribution in [1.82, 2.24) is 10.2 Å². The van der Waals surface area contributed by atoms with Gasteiger partial charge in [-0.1, -0.05) is 27.7 Å². The zero-order chi connectivity index (χ0) is 15.6. The molecule has 0 aromatic rings. The normalized spacial score (nSPS) is 13.2. The van der Waals surface area contributed by atoms with Gasteiger partial charge in [-0.05, 0) is 44.2 Å². The zero-order valence-electron chi connectivity index (χ0n) is 13.4. The maximum Gasteiger partial charge on any atom is 0.401 e. The lowest BCUT2D eigenvalue weighted by Crippen LogP contribution is -2.46. The van der Waals surface area contributed by atoms with Crippen molar-refractivity contribution in [2.45, 2.75) is 59.6 Å². The zero-order valence-corrected chi connectivity index (χ0v) is 13.4. The van der Waals surface area contributed by atoms with E-state index in [2.05, 4.69) is 26.1 Å². The summed E-state index contributed by atoms with van der Waals surface area (Å²) in [7, 11) is 0. The first-order chi connectivity index (χ1) is 9.32. The average molecular weight is 296 g/mol. The monoisotopic (exact) mass is 296 g/mol. The molecule has 0 aliphatic carbocycles. The van der Waals surface area contributed by atoms with Gasteiger partial charge in [-0.3, -0.25) is 4.90 Å². The number of nitrogens with zero attached hydrogens (tertiary/aromatic N) is 1. The number of hydrogen-bond donors (Lipinski definition) is 1. The molecular formula is C15H31F3N2. The van der Waals surface area contributed by atoms with Crippen molar-refractivity contribution in [1.29, 1.82) is 0 Å². The van der Waals surface area contributed by atoms with Crippen LogP contribution in [0.3, 0.4) is 0 Å². The summed E-state index contributed by atoms with van der Waals surface area (Å²) in [6.07, 6.45) is -0.511. The number of hydrogen-bond acceptors (Lipinski definition) is 2. The second-order valence-corrected chi connectivity index (χ2v) is 5.71. The van der Waals surface area contributed by atoms with Crippen LogP contribution in [0, 0.1) is 5.41 Å². The van der Waals surface area contributed by atoms with Gasteiger partial charge in [0.15, 0.2) is 0 Å². The Morgan fingerprint density at radius 2 is 1.50 bits per heavy atom. The summed E-state index contributed by atoms with van der Waals surface area (Å²) in [5.41, 5.74) is -0.0599. The van der Waals surface area contributed by atoms with Crippen molar-refractivity contribution < 1.29 is 13.2 Å². The highest BCUT2D eigenvalue weighted by Gasteiger charge is 2.35. The summed E-state index contributed by atoms with van der Waals surface area (Å²) in [5.74, 6) is 0. The molecule has 0 atom stereocenters. The van der Waals surface area contributed by atoms with E-state index in [1.165, 1.54) is 0 Å². The smallest absolute Gasteiger partial charge is 0.316 e. The van der Waals surface area contributed by atoms with Gasteiger partial charge in [-0.2, -0.15) is 13.2 Å². The summed E-state index contributed by atoms with van der Waals surface area (Å²) in [5, 5.41) is 3.38. The third-order valence-corrected chi connectivity index (χ3v) is 3.93. The highest BCUT2D eigenvalue weighted by molar-refractivity contribution is 4.83. The molecule has 0 amide bonds. The first-order valence-corrected chi connectivity index (χ1v) is 7.82. The third-order valence-electron chi connectivity index (χ3n) is 3.93. The van der Waals surface area contributed by atoms with Gasteiger partial charge < -0.3 is 5.32 Å². The highest BCUT2D eigenvalue weighted by atomic mass is 19.4. The van der Waals surface area contributed by atoms with Crippen molar-refractivity contribution in [2.75, 3.05) is 32.7 Å². The minimum Gasteiger partial charge on any atom is -0.316 e. The predicted octanol–water partition coefficient (Wildman–Crippen LogP) is 4.07. The van der Waals surface area contributed by atoms with Crippen LogP contribution in [0.15, 0.2) is 0 Å². The van der Waals surface area contributed by atoms with Gasteiger partial charge in [-0.25, -0.2) is 0 Å². The summed E-state index contributed by atoms with van der Waals surface area (Å²) >= 11 is 0. The van der Waals surface area contributed by atoms with Crippen molar-refractivity contribution in [3.8, 4) is 0 Å². The Balaban J connectivity index is 4.70. The topological polar surface area (TPSA) is 15.3 Å². The van der Waals surface area contributed by atoms with Crippen LogP contribution < -0.4 is 5.32 Å². The van der Waals surface area contributed by atoms with E-state index >= 15 is 0 Å². The van der Waals surface area contributed by atoms with Crippen LogP contribution in [0.25, 0.3) is 0 Å². The lowest BCUT2D eigenvalue weighted by molar-refractivity contribution is -0.149. The van der Waals surface area contributed by atoms with Crippen LogP contribution in [0.1, 0.15) is 53.4 Å². The number of rotatable bonds is 11. The molecule has 0 unspecified atom stereocenters. The molecule has 5 heteroatoms. The average Bonchev–Trinajstić information content (AvgIpc) is 2.36. The van der Waals surface area contributed by atoms with Crippen LogP contribution in [-0.2, 0) is 0 Å². The lowest BCUT2D eigenvalue weighted by atomic mass is 9.81. The van der Waals surface area contributed by atoms with Crippen LogP contribution in [-0.4, -0.2) is 43.8 Å². The summed E-state index contributed by atoms with van der Waals surface area (Å²) < 4.78 is 38.0. The van der Waals surface area contributed by atoms with Gasteiger partial charge in [0.2, 0.25) is 0 Å². The fraction of sp³-hybridized carbons (Fsp3) is 1.00. The molecule has 20 heavy (non-hydrogen) atoms. The third kappa shape index (κ3) is 8.10. The molecule has 122 valence electrons. The van der Waals surface area contributed by atoms with Crippen LogP contribution in [0.5, 0.6) is 0 Å². The summed E-state index contributed by atoms with van der Waals surface area (Å²) in [6.45, 7) is 10.1. The molecule has 0 spiro atoms. The van der Waals surface area contributed by atoms with E-state index in [1.807, 2.05) is 6.92 Å². The van der Waals surface area contributed by atoms with Crippen LogP contribution in [0.4, 0.5) is 13.2 Å². The second kappa shape index (κ2) is 9.61. The Bertz CT molecular complexity index is 238. The van der Waals surface area contributed by atoms with Crippen LogP contribution >= 0.6 is 0 Å². The van der Waals surface area contributed by atoms with E-state index < -0.39 is 12.7 Å². The SMILES string of the molecule is CCCNCC(CC)(CC)CN(CCC)CC(F)(F)F. The number of nitrogens with one attached hydrogen (secondary N) is 1. The van der Waals surface area contributed by atoms with Crippen molar-refractivity contribution in [2.24, 2.45) is 5.41 Å². The number of halogens is 3. The molecule has 0 aromatic heterocycles. The summed E-state index contributed by atoms with van der Waals surface area (Å²) in [4.78, 5) is 1.57. The largest absolute Gasteiger partial charge is 0.401 e. The maximum atomic E-state index is 12.7. The number of alkyl halides is 3. The van der Waals surface area contributed by atoms with E-state index in [9.17, 15) is 13.2 Å². The Labute approximate surface area is 122 Å². The fourth-order valence-electron chi connectivity index (χ4n) is 2.57. The summed E-state index contributed by atoms with van der Waals surface area (Å²) in [6, 6.07) is 0. The van der Waals surface area contributed by atoms with E-state index in [1.54, 1.807) is 4.90 Å². The quantitative estimate of drug-likeness (QED) is 0.578. The Morgan fingerprint density at radius 1 is 0.900 bits per heavy atom. The highest BCUT2D eigenvalue weighted by Crippen LogP contribution is 2.28. The molecule has 0 aliphatic heterocycles.